The number of para-hydroxylation sites is 1. The number of carbonyl (C=O) groups is 1. The second-order valence-corrected chi connectivity index (χ2v) is 2.20. The van der Waals surface area contributed by atoms with Crippen molar-refractivity contribution in [1.29, 1.82) is 0 Å². The van der Waals surface area contributed by atoms with Crippen molar-refractivity contribution in [2.24, 2.45) is 5.73 Å². The monoisotopic (exact) mass is 196 g/mol. The summed E-state index contributed by atoms with van der Waals surface area (Å²) in [4.78, 5) is 8.58. The quantitative estimate of drug-likeness (QED) is 0.676. The van der Waals surface area contributed by atoms with Gasteiger partial charge in [-0.05, 0) is 18.6 Å². The van der Waals surface area contributed by atoms with Crippen LogP contribution in [-0.4, -0.2) is 13.5 Å². The first-order chi connectivity index (χ1) is 6.76. The van der Waals surface area contributed by atoms with Crippen LogP contribution in [0.2, 0.25) is 0 Å². The summed E-state index contributed by atoms with van der Waals surface area (Å²) >= 11 is 0. The van der Waals surface area contributed by atoms with Crippen molar-refractivity contribution in [3.8, 4) is 0 Å². The molecular weight excluding hydrogens is 176 g/mol. The Bertz CT molecular complexity index is 236. The van der Waals surface area contributed by atoms with E-state index in [4.69, 9.17) is 4.79 Å². The van der Waals surface area contributed by atoms with Gasteiger partial charge in [-0.3, -0.25) is 4.79 Å². The lowest BCUT2D eigenvalue weighted by molar-refractivity contribution is -0.106. The average molecular weight is 196 g/mol. The molecule has 1 amide bonds. The fourth-order valence-electron chi connectivity index (χ4n) is 0.853. The van der Waals surface area contributed by atoms with Crippen LogP contribution < -0.4 is 11.1 Å². The van der Waals surface area contributed by atoms with Gasteiger partial charge in [0.25, 0.3) is 0 Å². The van der Waals surface area contributed by atoms with E-state index >= 15 is 0 Å². The van der Waals surface area contributed by atoms with Crippen molar-refractivity contribution in [2.45, 2.75) is 20.8 Å². The smallest absolute Gasteiger partial charge is 0.204 e. The maximum absolute atomic E-state index is 8.58. The molecular formula is C11H20N2O. The van der Waals surface area contributed by atoms with E-state index in [1.807, 2.05) is 33.0 Å². The first-order valence-corrected chi connectivity index (χ1v) is 4.65. The molecule has 0 saturated carbocycles. The third-order valence-corrected chi connectivity index (χ3v) is 1.41. The summed E-state index contributed by atoms with van der Waals surface area (Å²) in [7, 11) is 1.93. The molecule has 0 aliphatic rings. The Balaban J connectivity index is 0. The minimum absolute atomic E-state index is 0.250. The van der Waals surface area contributed by atoms with Crippen LogP contribution in [0.25, 0.3) is 0 Å². The normalized spacial score (nSPS) is 7.14. The van der Waals surface area contributed by atoms with Crippen molar-refractivity contribution >= 4 is 12.1 Å². The van der Waals surface area contributed by atoms with Crippen molar-refractivity contribution in [2.75, 3.05) is 12.4 Å². The molecule has 1 aromatic carbocycles. The second-order valence-electron chi connectivity index (χ2n) is 2.20. The molecule has 0 unspecified atom stereocenters. The molecule has 1 aromatic rings. The topological polar surface area (TPSA) is 55.1 Å². The highest BCUT2D eigenvalue weighted by Gasteiger charge is 1.88. The molecule has 0 aliphatic carbocycles. The number of primary amides is 1. The molecule has 0 aliphatic heterocycles. The summed E-state index contributed by atoms with van der Waals surface area (Å²) in [6.07, 6.45) is 0.250. The van der Waals surface area contributed by atoms with Gasteiger partial charge in [0.2, 0.25) is 6.41 Å². The lowest BCUT2D eigenvalue weighted by Gasteiger charge is -2.01. The minimum Gasteiger partial charge on any atom is -0.388 e. The predicted molar refractivity (Wildman–Crippen MR) is 62.3 cm³/mol. The van der Waals surface area contributed by atoms with Gasteiger partial charge in [-0.2, -0.15) is 0 Å². The second kappa shape index (κ2) is 11.5. The average Bonchev–Trinajstić information content (AvgIpc) is 2.23. The van der Waals surface area contributed by atoms with Gasteiger partial charge >= 0.3 is 0 Å². The van der Waals surface area contributed by atoms with Gasteiger partial charge in [-0.15, -0.1) is 0 Å². The Labute approximate surface area is 86.3 Å². The minimum atomic E-state index is 0.250. The molecule has 0 bridgehead atoms. The summed E-state index contributed by atoms with van der Waals surface area (Å²) in [6.45, 7) is 6.09. The summed E-state index contributed by atoms with van der Waals surface area (Å²) in [5.74, 6) is 0. The SMILES string of the molecule is CC.CNc1ccccc1C.NC=O. The number of amides is 1. The number of rotatable bonds is 1. The number of carbonyl (C=O) groups excluding carboxylic acids is 1. The van der Waals surface area contributed by atoms with Crippen LogP contribution in [0.3, 0.4) is 0 Å². The molecule has 80 valence electrons. The maximum Gasteiger partial charge on any atom is 0.204 e. The van der Waals surface area contributed by atoms with E-state index in [0.717, 1.165) is 0 Å². The molecule has 0 atom stereocenters. The van der Waals surface area contributed by atoms with Crippen LogP contribution in [0.1, 0.15) is 19.4 Å². The molecule has 0 fully saturated rings. The Morgan fingerprint density at radius 3 is 2.00 bits per heavy atom. The van der Waals surface area contributed by atoms with Crippen molar-refractivity contribution < 1.29 is 4.79 Å². The number of anilines is 1. The maximum atomic E-state index is 8.58. The predicted octanol–water partition coefficient (Wildman–Crippen LogP) is 2.16. The fourth-order valence-corrected chi connectivity index (χ4v) is 0.853. The Morgan fingerprint density at radius 1 is 1.29 bits per heavy atom. The largest absolute Gasteiger partial charge is 0.388 e. The first kappa shape index (κ1) is 15.0. The fraction of sp³-hybridized carbons (Fsp3) is 0.364. The van der Waals surface area contributed by atoms with Crippen LogP contribution in [0, 0.1) is 6.92 Å². The summed E-state index contributed by atoms with van der Waals surface area (Å²) in [5, 5.41) is 3.10. The van der Waals surface area contributed by atoms with Crippen LogP contribution in [0.5, 0.6) is 0 Å². The summed E-state index contributed by atoms with van der Waals surface area (Å²) in [5.41, 5.74) is 6.66. The van der Waals surface area contributed by atoms with Crippen LogP contribution >= 0.6 is 0 Å². The van der Waals surface area contributed by atoms with Gasteiger partial charge in [0.05, 0.1) is 0 Å². The van der Waals surface area contributed by atoms with Gasteiger partial charge < -0.3 is 11.1 Å². The molecule has 0 aromatic heterocycles. The number of benzene rings is 1. The third kappa shape index (κ3) is 7.16. The Hall–Kier alpha value is -1.51. The van der Waals surface area contributed by atoms with E-state index in [-0.39, 0.29) is 6.41 Å². The standard InChI is InChI=1S/C8H11N.C2H6.CH3NO/c1-7-5-3-4-6-8(7)9-2;1-2;2-1-3/h3-6,9H,1-2H3;1-2H3;1H,(H2,2,3). The lowest BCUT2D eigenvalue weighted by atomic mass is 10.2. The van der Waals surface area contributed by atoms with Crippen LogP contribution in [0.15, 0.2) is 24.3 Å². The molecule has 3 heteroatoms. The van der Waals surface area contributed by atoms with Crippen LogP contribution in [0.4, 0.5) is 5.69 Å². The number of aryl methyl sites for hydroxylation is 1. The summed E-state index contributed by atoms with van der Waals surface area (Å²) in [6, 6.07) is 8.22. The van der Waals surface area contributed by atoms with E-state index < -0.39 is 0 Å². The van der Waals surface area contributed by atoms with Gasteiger partial charge in [0.15, 0.2) is 0 Å². The number of nitrogens with one attached hydrogen (secondary N) is 1. The van der Waals surface area contributed by atoms with E-state index in [0.29, 0.717) is 0 Å². The zero-order valence-electron chi connectivity index (χ0n) is 9.37. The molecule has 0 heterocycles. The zero-order chi connectivity index (χ0) is 11.4. The highest BCUT2D eigenvalue weighted by molar-refractivity contribution is 5.49. The molecule has 0 spiro atoms. The number of nitrogens with two attached hydrogens (primary N) is 1. The van der Waals surface area contributed by atoms with Crippen molar-refractivity contribution in [3.05, 3.63) is 29.8 Å². The van der Waals surface area contributed by atoms with E-state index in [9.17, 15) is 0 Å². The molecule has 1 rings (SSSR count). The lowest BCUT2D eigenvalue weighted by Crippen LogP contribution is -1.89. The zero-order valence-corrected chi connectivity index (χ0v) is 9.37. The van der Waals surface area contributed by atoms with Crippen LogP contribution in [-0.2, 0) is 4.79 Å². The third-order valence-electron chi connectivity index (χ3n) is 1.41. The first-order valence-electron chi connectivity index (χ1n) is 4.65. The van der Waals surface area contributed by atoms with Gasteiger partial charge in [-0.25, -0.2) is 0 Å². The highest BCUT2D eigenvalue weighted by atomic mass is 16.1. The molecule has 3 N–H and O–H groups in total. The molecule has 0 radical (unpaired) electrons. The highest BCUT2D eigenvalue weighted by Crippen LogP contribution is 2.10. The number of hydrogen-bond acceptors (Lipinski definition) is 2. The van der Waals surface area contributed by atoms with Gasteiger partial charge in [-0.1, -0.05) is 32.0 Å². The molecule has 3 nitrogen and oxygen atoms in total. The number of hydrogen-bond donors (Lipinski definition) is 2. The molecule has 14 heavy (non-hydrogen) atoms. The van der Waals surface area contributed by atoms with E-state index in [2.05, 4.69) is 30.1 Å². The van der Waals surface area contributed by atoms with Crippen molar-refractivity contribution in [3.63, 3.8) is 0 Å². The van der Waals surface area contributed by atoms with Gasteiger partial charge in [0, 0.05) is 12.7 Å². The summed E-state index contributed by atoms with van der Waals surface area (Å²) < 4.78 is 0. The van der Waals surface area contributed by atoms with E-state index in [1.165, 1.54) is 11.3 Å². The van der Waals surface area contributed by atoms with Crippen molar-refractivity contribution in [1.82, 2.24) is 0 Å². The van der Waals surface area contributed by atoms with E-state index in [1.54, 1.807) is 0 Å². The molecule has 0 saturated heterocycles. The van der Waals surface area contributed by atoms with Gasteiger partial charge in [0.1, 0.15) is 0 Å². The Kier molecular flexibility index (Phi) is 12.3. The Morgan fingerprint density at radius 2 is 1.71 bits per heavy atom.